The third-order valence-electron chi connectivity index (χ3n) is 5.07. The van der Waals surface area contributed by atoms with Gasteiger partial charge >= 0.3 is 18.4 Å². The molecule has 0 unspecified atom stereocenters. The summed E-state index contributed by atoms with van der Waals surface area (Å²) in [5.74, 6) is -0.317. The monoisotopic (exact) mass is 526 g/mol. The molecule has 0 saturated heterocycles. The molecule has 0 aliphatic heterocycles. The van der Waals surface area contributed by atoms with Crippen LogP contribution in [0.5, 0.6) is 5.75 Å². The Labute approximate surface area is 214 Å². The molecule has 2 N–H and O–H groups in total. The predicted octanol–water partition coefficient (Wildman–Crippen LogP) is 5.98. The maximum atomic E-state index is 14.0. The molecule has 2 aromatic rings. The minimum atomic E-state index is -4.76. The summed E-state index contributed by atoms with van der Waals surface area (Å²) in [6.45, 7) is 10.4. The Hall–Kier alpha value is -3.57. The molecule has 37 heavy (non-hydrogen) atoms. The summed E-state index contributed by atoms with van der Waals surface area (Å²) in [7, 11) is 1.26. The van der Waals surface area contributed by atoms with Crippen LogP contribution in [0, 0.1) is 5.92 Å². The average molecular weight is 527 g/mol. The zero-order valence-corrected chi connectivity index (χ0v) is 21.9. The van der Waals surface area contributed by atoms with E-state index in [0.717, 1.165) is 17.3 Å². The minimum Gasteiger partial charge on any atom is -0.491 e. The molecule has 2 rings (SSSR count). The number of hydrogen-bond donors (Lipinski definition) is 2. The number of aromatic nitrogens is 2. The lowest BCUT2D eigenvalue weighted by Crippen LogP contribution is -2.52. The lowest BCUT2D eigenvalue weighted by molar-refractivity contribution is -0.139. The second-order valence-electron chi connectivity index (χ2n) is 10.4. The van der Waals surface area contributed by atoms with Crippen LogP contribution < -0.4 is 15.0 Å². The Morgan fingerprint density at radius 2 is 1.76 bits per heavy atom. The van der Waals surface area contributed by atoms with Crippen LogP contribution in [0.1, 0.15) is 53.5 Å². The summed E-state index contributed by atoms with van der Waals surface area (Å²) >= 11 is 0. The third kappa shape index (κ3) is 8.80. The highest BCUT2D eigenvalue weighted by molar-refractivity contribution is 5.84. The van der Waals surface area contributed by atoms with Gasteiger partial charge < -0.3 is 19.9 Å². The van der Waals surface area contributed by atoms with Gasteiger partial charge in [0.1, 0.15) is 30.1 Å². The van der Waals surface area contributed by atoms with E-state index in [9.17, 15) is 22.8 Å². The summed E-state index contributed by atoms with van der Waals surface area (Å²) in [4.78, 5) is 32.2. The minimum absolute atomic E-state index is 0.00375. The highest BCUT2D eigenvalue weighted by Crippen LogP contribution is 2.39. The van der Waals surface area contributed by atoms with E-state index in [-0.39, 0.29) is 29.6 Å². The first kappa shape index (κ1) is 29.7. The zero-order chi connectivity index (χ0) is 28.2. The molecule has 1 aromatic heterocycles. The molecule has 2 amide bonds. The number of nitrogens with one attached hydrogen (secondary N) is 1. The van der Waals surface area contributed by atoms with Crippen molar-refractivity contribution in [3.05, 3.63) is 36.2 Å². The number of carbonyl (C=O) groups excluding carboxylic acids is 1. The highest BCUT2D eigenvalue weighted by atomic mass is 19.4. The molecule has 9 nitrogen and oxygen atoms in total. The largest absolute Gasteiger partial charge is 0.491 e. The van der Waals surface area contributed by atoms with Crippen molar-refractivity contribution in [1.29, 1.82) is 0 Å². The number of alkyl halides is 3. The number of halogens is 3. The van der Waals surface area contributed by atoms with E-state index in [1.165, 1.54) is 25.2 Å². The van der Waals surface area contributed by atoms with Gasteiger partial charge in [-0.25, -0.2) is 19.6 Å². The van der Waals surface area contributed by atoms with Gasteiger partial charge in [-0.15, -0.1) is 0 Å². The number of rotatable bonds is 8. The molecule has 0 bridgehead atoms. The van der Waals surface area contributed by atoms with Gasteiger partial charge in [0.15, 0.2) is 0 Å². The van der Waals surface area contributed by atoms with Crippen LogP contribution in [-0.4, -0.2) is 52.1 Å². The molecule has 0 radical (unpaired) electrons. The van der Waals surface area contributed by atoms with Gasteiger partial charge in [0, 0.05) is 18.7 Å². The molecule has 1 aromatic carbocycles. The topological polar surface area (TPSA) is 114 Å². The number of benzene rings is 1. The number of hydrogen-bond acceptors (Lipinski definition) is 6. The van der Waals surface area contributed by atoms with E-state index in [4.69, 9.17) is 14.6 Å². The smallest absolute Gasteiger partial charge is 0.419 e. The van der Waals surface area contributed by atoms with E-state index < -0.39 is 40.8 Å². The molecule has 0 spiro atoms. The van der Waals surface area contributed by atoms with Crippen LogP contribution in [0.4, 0.5) is 28.6 Å². The molecule has 12 heteroatoms. The number of anilines is 1. The second-order valence-corrected chi connectivity index (χ2v) is 10.4. The first-order valence-corrected chi connectivity index (χ1v) is 11.5. The molecule has 0 saturated carbocycles. The maximum Gasteiger partial charge on any atom is 0.419 e. The third-order valence-corrected chi connectivity index (χ3v) is 5.07. The quantitative estimate of drug-likeness (QED) is 0.435. The fourth-order valence-corrected chi connectivity index (χ4v) is 3.66. The number of carbonyl (C=O) groups is 2. The van der Waals surface area contributed by atoms with Crippen molar-refractivity contribution >= 4 is 18.0 Å². The Kier molecular flexibility index (Phi) is 9.00. The summed E-state index contributed by atoms with van der Waals surface area (Å²) in [6, 6.07) is 4.71. The van der Waals surface area contributed by atoms with Crippen molar-refractivity contribution in [2.75, 3.05) is 18.6 Å². The van der Waals surface area contributed by atoms with Crippen molar-refractivity contribution in [3.8, 4) is 17.0 Å². The van der Waals surface area contributed by atoms with Crippen molar-refractivity contribution in [2.45, 2.75) is 65.3 Å². The maximum absolute atomic E-state index is 14.0. The number of alkyl carbamates (subject to hydrolysis) is 1. The average Bonchev–Trinajstić information content (AvgIpc) is 2.74. The van der Waals surface area contributed by atoms with Crippen LogP contribution in [0.15, 0.2) is 30.6 Å². The Morgan fingerprint density at radius 3 is 2.30 bits per heavy atom. The summed E-state index contributed by atoms with van der Waals surface area (Å²) < 4.78 is 52.9. The normalized spacial score (nSPS) is 13.6. The summed E-state index contributed by atoms with van der Waals surface area (Å²) in [5, 5.41) is 11.9. The first-order chi connectivity index (χ1) is 16.9. The number of amides is 2. The fraction of sp³-hybridized carbons (Fsp3) is 0.520. The number of nitrogens with zero attached hydrogens (tertiary/aromatic N) is 3. The van der Waals surface area contributed by atoms with Crippen molar-refractivity contribution in [2.24, 2.45) is 5.92 Å². The van der Waals surface area contributed by atoms with Crippen LogP contribution >= 0.6 is 0 Å². The van der Waals surface area contributed by atoms with Gasteiger partial charge in [-0.3, -0.25) is 4.90 Å². The van der Waals surface area contributed by atoms with Gasteiger partial charge in [0.2, 0.25) is 0 Å². The molecule has 0 aliphatic carbocycles. The van der Waals surface area contributed by atoms with E-state index >= 15 is 0 Å². The molecular weight excluding hydrogens is 493 g/mol. The zero-order valence-electron chi connectivity index (χ0n) is 21.9. The molecule has 1 heterocycles. The summed E-state index contributed by atoms with van der Waals surface area (Å²) in [6.07, 6.45) is -5.24. The standard InChI is InChI=1S/C25H33F3N4O5/c1-15(2)12-24(6,31-21(33)37-23(3,4)5)13-36-19-9-8-16(10-17(19)25(26,27)28)18-11-20(30-14-29-18)32(7)22(34)35/h8-11,14-15H,12-13H2,1-7H3,(H,31,33)(H,34,35)/t24-/m0/s1. The lowest BCUT2D eigenvalue weighted by atomic mass is 9.91. The predicted molar refractivity (Wildman–Crippen MR) is 132 cm³/mol. The second kappa shape index (κ2) is 11.2. The number of carboxylic acid groups (broad SMARTS) is 1. The van der Waals surface area contributed by atoms with Gasteiger partial charge in [-0.2, -0.15) is 13.2 Å². The summed E-state index contributed by atoms with van der Waals surface area (Å²) in [5.41, 5.74) is -2.60. The van der Waals surface area contributed by atoms with Crippen molar-refractivity contribution in [1.82, 2.24) is 15.3 Å². The molecule has 0 fully saturated rings. The molecule has 1 atom stereocenters. The van der Waals surface area contributed by atoms with Gasteiger partial charge in [0.25, 0.3) is 0 Å². The van der Waals surface area contributed by atoms with Crippen molar-refractivity contribution in [3.63, 3.8) is 0 Å². The van der Waals surface area contributed by atoms with Crippen LogP contribution in [0.3, 0.4) is 0 Å². The van der Waals surface area contributed by atoms with Crippen LogP contribution in [-0.2, 0) is 10.9 Å². The molecule has 0 aliphatic rings. The molecule has 204 valence electrons. The Morgan fingerprint density at radius 1 is 1.11 bits per heavy atom. The van der Waals surface area contributed by atoms with Gasteiger partial charge in [0.05, 0.1) is 16.8 Å². The van der Waals surface area contributed by atoms with E-state index in [1.807, 2.05) is 13.8 Å². The Bertz CT molecular complexity index is 1120. The highest BCUT2D eigenvalue weighted by Gasteiger charge is 2.37. The SMILES string of the molecule is CC(C)C[C@@](C)(COc1ccc(-c2cc(N(C)C(=O)O)ncn2)cc1C(F)(F)F)NC(=O)OC(C)(C)C. The van der Waals surface area contributed by atoms with E-state index in [0.29, 0.717) is 6.42 Å². The lowest BCUT2D eigenvalue weighted by Gasteiger charge is -2.33. The van der Waals surface area contributed by atoms with Gasteiger partial charge in [-0.05, 0) is 58.2 Å². The van der Waals surface area contributed by atoms with Gasteiger partial charge in [-0.1, -0.05) is 13.8 Å². The number of ether oxygens (including phenoxy) is 2. The van der Waals surface area contributed by atoms with E-state index in [1.54, 1.807) is 27.7 Å². The van der Waals surface area contributed by atoms with Crippen molar-refractivity contribution < 1.29 is 37.3 Å². The fourth-order valence-electron chi connectivity index (χ4n) is 3.66. The van der Waals surface area contributed by atoms with Crippen LogP contribution in [0.25, 0.3) is 11.3 Å². The van der Waals surface area contributed by atoms with E-state index in [2.05, 4.69) is 15.3 Å². The van der Waals surface area contributed by atoms with Crippen LogP contribution in [0.2, 0.25) is 0 Å². The first-order valence-electron chi connectivity index (χ1n) is 11.5. The Balaban J connectivity index is 2.37. The molecular formula is C25H33F3N4O5.